The van der Waals surface area contributed by atoms with E-state index in [1.165, 1.54) is 0 Å². The maximum Gasteiger partial charge on any atom is 0.275 e. The fourth-order valence-corrected chi connectivity index (χ4v) is 2.03. The second kappa shape index (κ2) is 5.38. The summed E-state index contributed by atoms with van der Waals surface area (Å²) in [5, 5.41) is 20.9. The third-order valence-electron chi connectivity index (χ3n) is 2.94. The highest BCUT2D eigenvalue weighted by Gasteiger charge is 2.04. The van der Waals surface area contributed by atoms with Gasteiger partial charge in [0.1, 0.15) is 5.69 Å². The minimum Gasteiger partial charge on any atom is -0.870 e. The van der Waals surface area contributed by atoms with Crippen LogP contribution in [0.1, 0.15) is 0 Å². The van der Waals surface area contributed by atoms with E-state index in [1.54, 1.807) is 48.5 Å². The molecule has 6 heteroatoms. The minimum absolute atomic E-state index is 0.233. The van der Waals surface area contributed by atoms with Crippen molar-refractivity contribution < 1.29 is 5.11 Å². The Labute approximate surface area is 124 Å². The highest BCUT2D eigenvalue weighted by Crippen LogP contribution is 2.28. The van der Waals surface area contributed by atoms with Crippen molar-refractivity contribution in [2.45, 2.75) is 0 Å². The SMILES string of the molecule is O=c1[nH]c2ccccc2c([O-])c1N=Nc1ccc(Cl)cc1. The molecule has 0 fully saturated rings. The molecular weight excluding hydrogens is 290 g/mol. The minimum atomic E-state index is -0.559. The van der Waals surface area contributed by atoms with Gasteiger partial charge >= 0.3 is 0 Å². The van der Waals surface area contributed by atoms with Crippen molar-refractivity contribution in [2.75, 3.05) is 0 Å². The Hall–Kier alpha value is -2.66. The van der Waals surface area contributed by atoms with E-state index in [9.17, 15) is 9.90 Å². The topological polar surface area (TPSA) is 80.6 Å². The summed E-state index contributed by atoms with van der Waals surface area (Å²) in [7, 11) is 0. The second-order valence-corrected chi connectivity index (χ2v) is 4.79. The molecule has 0 unspecified atom stereocenters. The molecule has 0 saturated heterocycles. The van der Waals surface area contributed by atoms with Crippen molar-refractivity contribution in [1.29, 1.82) is 0 Å². The van der Waals surface area contributed by atoms with Crippen LogP contribution in [0.2, 0.25) is 5.02 Å². The number of nitrogens with zero attached hydrogens (tertiary/aromatic N) is 2. The summed E-state index contributed by atoms with van der Waals surface area (Å²) in [6.07, 6.45) is 0. The number of H-pyrrole nitrogens is 1. The number of fused-ring (bicyclic) bond motifs is 1. The van der Waals surface area contributed by atoms with Gasteiger partial charge in [0.05, 0.1) is 5.69 Å². The monoisotopic (exact) mass is 298 g/mol. The first-order valence-corrected chi connectivity index (χ1v) is 6.52. The number of para-hydroxylation sites is 1. The Morgan fingerprint density at radius 2 is 1.71 bits per heavy atom. The highest BCUT2D eigenvalue weighted by molar-refractivity contribution is 6.30. The Balaban J connectivity index is 2.08. The molecule has 5 nitrogen and oxygen atoms in total. The predicted octanol–water partition coefficient (Wildman–Crippen LogP) is 3.67. The number of aromatic amines is 1. The molecule has 0 aliphatic rings. The van der Waals surface area contributed by atoms with Crippen molar-refractivity contribution in [3.63, 3.8) is 0 Å². The third kappa shape index (κ3) is 2.64. The van der Waals surface area contributed by atoms with Gasteiger partial charge in [-0.1, -0.05) is 35.5 Å². The zero-order valence-electron chi connectivity index (χ0n) is 10.7. The summed E-state index contributed by atoms with van der Waals surface area (Å²) in [5.41, 5.74) is 0.198. The van der Waals surface area contributed by atoms with Gasteiger partial charge in [-0.05, 0) is 35.7 Å². The molecule has 1 aromatic heterocycles. The Bertz CT molecular complexity index is 886. The molecule has 1 N–H and O–H groups in total. The molecule has 0 aliphatic heterocycles. The van der Waals surface area contributed by atoms with E-state index in [2.05, 4.69) is 15.2 Å². The number of nitrogens with one attached hydrogen (secondary N) is 1. The Morgan fingerprint density at radius 1 is 1.00 bits per heavy atom. The molecule has 0 bridgehead atoms. The van der Waals surface area contributed by atoms with Gasteiger partial charge in [-0.15, -0.1) is 5.11 Å². The highest BCUT2D eigenvalue weighted by atomic mass is 35.5. The van der Waals surface area contributed by atoms with Crippen molar-refractivity contribution in [3.05, 3.63) is 63.9 Å². The van der Waals surface area contributed by atoms with Crippen LogP contribution in [0.4, 0.5) is 11.4 Å². The average molecular weight is 299 g/mol. The number of benzene rings is 2. The lowest BCUT2D eigenvalue weighted by Gasteiger charge is -2.11. The molecule has 0 spiro atoms. The van der Waals surface area contributed by atoms with Gasteiger partial charge in [0.15, 0.2) is 0 Å². The van der Waals surface area contributed by atoms with E-state index >= 15 is 0 Å². The molecule has 3 aromatic rings. The lowest BCUT2D eigenvalue weighted by atomic mass is 10.2. The largest absolute Gasteiger partial charge is 0.870 e. The molecule has 0 amide bonds. The molecule has 0 saturated carbocycles. The zero-order chi connectivity index (χ0) is 14.8. The maximum atomic E-state index is 12.2. The van der Waals surface area contributed by atoms with Crippen molar-refractivity contribution >= 4 is 33.9 Å². The molecule has 21 heavy (non-hydrogen) atoms. The Kier molecular flexibility index (Phi) is 3.41. The molecule has 104 valence electrons. The number of rotatable bonds is 2. The number of aromatic nitrogens is 1. The van der Waals surface area contributed by atoms with E-state index in [0.29, 0.717) is 21.6 Å². The standard InChI is InChI=1S/C15H10ClN3O2/c16-9-5-7-10(8-6-9)18-19-13-14(20)11-3-1-2-4-12(11)17-15(13)21/h1-8H,(H2,17,20,21)/p-1. The Morgan fingerprint density at radius 3 is 2.48 bits per heavy atom. The first-order chi connectivity index (χ1) is 10.1. The third-order valence-corrected chi connectivity index (χ3v) is 3.19. The second-order valence-electron chi connectivity index (χ2n) is 4.35. The summed E-state index contributed by atoms with van der Waals surface area (Å²) in [6.45, 7) is 0. The van der Waals surface area contributed by atoms with Crippen LogP contribution >= 0.6 is 11.6 Å². The summed E-state index contributed by atoms with van der Waals surface area (Å²) in [6, 6.07) is 13.4. The van der Waals surface area contributed by atoms with Gasteiger partial charge in [0.2, 0.25) is 0 Å². The molecule has 1 heterocycles. The molecule has 3 rings (SSSR count). The fourth-order valence-electron chi connectivity index (χ4n) is 1.91. The van der Waals surface area contributed by atoms with Crippen molar-refractivity contribution in [1.82, 2.24) is 4.98 Å². The van der Waals surface area contributed by atoms with Gasteiger partial charge in [-0.2, -0.15) is 5.11 Å². The van der Waals surface area contributed by atoms with Gasteiger partial charge in [-0.3, -0.25) is 4.79 Å². The summed E-state index contributed by atoms with van der Waals surface area (Å²) in [4.78, 5) is 14.5. The molecule has 2 aromatic carbocycles. The zero-order valence-corrected chi connectivity index (χ0v) is 11.5. The molecular formula is C15H9ClN3O2-. The van der Waals surface area contributed by atoms with E-state index in [1.807, 2.05) is 0 Å². The van der Waals surface area contributed by atoms with Crippen LogP contribution in [0.3, 0.4) is 0 Å². The normalized spacial score (nSPS) is 11.3. The number of pyridine rings is 1. The van der Waals surface area contributed by atoms with Crippen LogP contribution in [0, 0.1) is 0 Å². The first-order valence-electron chi connectivity index (χ1n) is 6.14. The van der Waals surface area contributed by atoms with Crippen molar-refractivity contribution in [2.24, 2.45) is 10.2 Å². The van der Waals surface area contributed by atoms with Gasteiger partial charge in [0, 0.05) is 10.5 Å². The van der Waals surface area contributed by atoms with E-state index in [4.69, 9.17) is 11.6 Å². The van der Waals surface area contributed by atoms with Crippen molar-refractivity contribution in [3.8, 4) is 5.75 Å². The van der Waals surface area contributed by atoms with Gasteiger partial charge in [-0.25, -0.2) is 0 Å². The number of hydrogen-bond acceptors (Lipinski definition) is 4. The lowest BCUT2D eigenvalue weighted by Crippen LogP contribution is -2.09. The first kappa shape index (κ1) is 13.3. The van der Waals surface area contributed by atoms with Crippen LogP contribution in [0.25, 0.3) is 10.9 Å². The van der Waals surface area contributed by atoms with E-state index in [-0.39, 0.29) is 5.69 Å². The van der Waals surface area contributed by atoms with Crippen LogP contribution in [-0.4, -0.2) is 4.98 Å². The fraction of sp³-hybridized carbons (Fsp3) is 0. The molecule has 0 atom stereocenters. The van der Waals surface area contributed by atoms with Crippen LogP contribution in [0.15, 0.2) is 63.6 Å². The quantitative estimate of drug-likeness (QED) is 0.732. The average Bonchev–Trinajstić information content (AvgIpc) is 2.49. The smallest absolute Gasteiger partial charge is 0.275 e. The summed E-state index contributed by atoms with van der Waals surface area (Å²) in [5.74, 6) is -0.438. The maximum absolute atomic E-state index is 12.2. The van der Waals surface area contributed by atoms with Crippen LogP contribution in [0.5, 0.6) is 5.75 Å². The molecule has 0 aliphatic carbocycles. The summed E-state index contributed by atoms with van der Waals surface area (Å²) >= 11 is 5.77. The van der Waals surface area contributed by atoms with Gasteiger partial charge < -0.3 is 10.1 Å². The lowest BCUT2D eigenvalue weighted by molar-refractivity contribution is -0.264. The van der Waals surface area contributed by atoms with E-state index < -0.39 is 11.3 Å². The summed E-state index contributed by atoms with van der Waals surface area (Å²) < 4.78 is 0. The number of hydrogen-bond donors (Lipinski definition) is 1. The van der Waals surface area contributed by atoms with Gasteiger partial charge in [0.25, 0.3) is 5.56 Å². The van der Waals surface area contributed by atoms with Crippen LogP contribution in [-0.2, 0) is 0 Å². The molecule has 0 radical (unpaired) electrons. The number of halogens is 1. The van der Waals surface area contributed by atoms with E-state index in [0.717, 1.165) is 0 Å². The predicted molar refractivity (Wildman–Crippen MR) is 79.6 cm³/mol. The number of azo groups is 1. The van der Waals surface area contributed by atoms with Crippen LogP contribution < -0.4 is 10.7 Å².